The normalized spacial score (nSPS) is 21.1. The van der Waals surface area contributed by atoms with Gasteiger partial charge in [0, 0.05) is 31.3 Å². The van der Waals surface area contributed by atoms with Crippen LogP contribution in [0.1, 0.15) is 32.8 Å². The molecule has 0 aromatic heterocycles. The van der Waals surface area contributed by atoms with E-state index in [0.717, 1.165) is 25.3 Å². The standard InChI is InChI=1S/C19H31N3O2/c1-19(2,3)17-15(9-10-24-17)12-20-18(23)21-16-8-6-7-14(11-16)13-22(4)5/h6-8,11,15,17H,9-10,12-13H2,1-5H3,(H2,20,21,23)/t15-,17+/m1/s1. The molecule has 1 aliphatic rings. The second-order valence-electron chi connectivity index (χ2n) is 7.98. The first-order valence-corrected chi connectivity index (χ1v) is 8.66. The van der Waals surface area contributed by atoms with Crippen LogP contribution < -0.4 is 10.6 Å². The lowest BCUT2D eigenvalue weighted by atomic mass is 9.81. The number of rotatable bonds is 5. The summed E-state index contributed by atoms with van der Waals surface area (Å²) in [6.07, 6.45) is 1.20. The number of urea groups is 1. The van der Waals surface area contributed by atoms with E-state index in [1.54, 1.807) is 0 Å². The fourth-order valence-corrected chi connectivity index (χ4v) is 3.31. The first-order valence-electron chi connectivity index (χ1n) is 8.66. The van der Waals surface area contributed by atoms with Crippen molar-refractivity contribution in [2.45, 2.75) is 39.8 Å². The van der Waals surface area contributed by atoms with Gasteiger partial charge < -0.3 is 20.3 Å². The Balaban J connectivity index is 1.85. The van der Waals surface area contributed by atoms with E-state index in [-0.39, 0.29) is 17.6 Å². The minimum atomic E-state index is -0.156. The molecule has 1 aromatic carbocycles. The number of anilines is 1. The predicted octanol–water partition coefficient (Wildman–Crippen LogP) is 3.32. The molecule has 0 spiro atoms. The molecule has 2 amide bonds. The van der Waals surface area contributed by atoms with Crippen molar-refractivity contribution in [2.24, 2.45) is 11.3 Å². The summed E-state index contributed by atoms with van der Waals surface area (Å²) in [5.41, 5.74) is 2.09. The van der Waals surface area contributed by atoms with Crippen molar-refractivity contribution in [1.29, 1.82) is 0 Å². The van der Waals surface area contributed by atoms with Gasteiger partial charge in [-0.2, -0.15) is 0 Å². The maximum atomic E-state index is 12.2. The van der Waals surface area contributed by atoms with Crippen LogP contribution in [0.25, 0.3) is 0 Å². The third-order valence-corrected chi connectivity index (χ3v) is 4.28. The Morgan fingerprint density at radius 2 is 2.08 bits per heavy atom. The van der Waals surface area contributed by atoms with Crippen molar-refractivity contribution >= 4 is 11.7 Å². The zero-order chi connectivity index (χ0) is 17.7. The molecule has 5 heteroatoms. The number of ether oxygens (including phenoxy) is 1. The van der Waals surface area contributed by atoms with Gasteiger partial charge >= 0.3 is 6.03 Å². The maximum Gasteiger partial charge on any atom is 0.319 e. The third kappa shape index (κ3) is 5.49. The molecule has 5 nitrogen and oxygen atoms in total. The summed E-state index contributed by atoms with van der Waals surface area (Å²) < 4.78 is 5.86. The van der Waals surface area contributed by atoms with E-state index in [4.69, 9.17) is 4.74 Å². The quantitative estimate of drug-likeness (QED) is 0.869. The first kappa shape index (κ1) is 18.7. The highest BCUT2D eigenvalue weighted by Gasteiger charge is 2.37. The van der Waals surface area contributed by atoms with Crippen LogP contribution in [0.5, 0.6) is 0 Å². The van der Waals surface area contributed by atoms with Crippen LogP contribution in [0.3, 0.4) is 0 Å². The molecule has 0 aliphatic carbocycles. The van der Waals surface area contributed by atoms with Crippen LogP contribution in [0.2, 0.25) is 0 Å². The predicted molar refractivity (Wildman–Crippen MR) is 98.2 cm³/mol. The first-order chi connectivity index (χ1) is 11.3. The van der Waals surface area contributed by atoms with E-state index in [2.05, 4.69) is 42.4 Å². The smallest absolute Gasteiger partial charge is 0.319 e. The second-order valence-corrected chi connectivity index (χ2v) is 7.98. The Hall–Kier alpha value is -1.59. The average molecular weight is 333 g/mol. The molecular formula is C19H31N3O2. The van der Waals surface area contributed by atoms with Gasteiger partial charge in [0.15, 0.2) is 0 Å². The van der Waals surface area contributed by atoms with Crippen molar-refractivity contribution in [1.82, 2.24) is 10.2 Å². The van der Waals surface area contributed by atoms with Gasteiger partial charge in [-0.15, -0.1) is 0 Å². The van der Waals surface area contributed by atoms with Gasteiger partial charge in [-0.25, -0.2) is 4.79 Å². The summed E-state index contributed by atoms with van der Waals surface area (Å²) in [7, 11) is 4.06. The molecule has 1 aliphatic heterocycles. The summed E-state index contributed by atoms with van der Waals surface area (Å²) in [5.74, 6) is 0.371. The number of nitrogens with zero attached hydrogens (tertiary/aromatic N) is 1. The Labute approximate surface area is 145 Å². The summed E-state index contributed by atoms with van der Waals surface area (Å²) >= 11 is 0. The largest absolute Gasteiger partial charge is 0.377 e. The molecule has 1 saturated heterocycles. The Morgan fingerprint density at radius 3 is 2.75 bits per heavy atom. The van der Waals surface area contributed by atoms with Crippen LogP contribution in [0.4, 0.5) is 10.5 Å². The number of nitrogens with one attached hydrogen (secondary N) is 2. The highest BCUT2D eigenvalue weighted by atomic mass is 16.5. The van der Waals surface area contributed by atoms with Gasteiger partial charge in [0.05, 0.1) is 6.10 Å². The second kappa shape index (κ2) is 7.99. The molecule has 2 rings (SSSR count). The number of benzene rings is 1. The maximum absolute atomic E-state index is 12.2. The van der Waals surface area contributed by atoms with Crippen molar-refractivity contribution in [3.63, 3.8) is 0 Å². The fraction of sp³-hybridized carbons (Fsp3) is 0.632. The zero-order valence-electron chi connectivity index (χ0n) is 15.6. The van der Waals surface area contributed by atoms with Gasteiger partial charge in [0.2, 0.25) is 0 Å². The minimum absolute atomic E-state index is 0.0971. The van der Waals surface area contributed by atoms with Crippen molar-refractivity contribution < 1.29 is 9.53 Å². The lowest BCUT2D eigenvalue weighted by molar-refractivity contribution is 0.00782. The van der Waals surface area contributed by atoms with Gasteiger partial charge in [-0.1, -0.05) is 32.9 Å². The minimum Gasteiger partial charge on any atom is -0.377 e. The van der Waals surface area contributed by atoms with E-state index in [0.29, 0.717) is 12.5 Å². The van der Waals surface area contributed by atoms with E-state index in [1.807, 2.05) is 32.3 Å². The molecule has 134 valence electrons. The number of hydrogen-bond acceptors (Lipinski definition) is 3. The molecule has 2 atom stereocenters. The van der Waals surface area contributed by atoms with Crippen LogP contribution >= 0.6 is 0 Å². The Bertz CT molecular complexity index is 552. The van der Waals surface area contributed by atoms with Crippen molar-refractivity contribution in [3.05, 3.63) is 29.8 Å². The van der Waals surface area contributed by atoms with Crippen molar-refractivity contribution in [3.8, 4) is 0 Å². The van der Waals surface area contributed by atoms with Crippen LogP contribution in [0, 0.1) is 11.3 Å². The molecule has 2 N–H and O–H groups in total. The molecule has 1 aromatic rings. The topological polar surface area (TPSA) is 53.6 Å². The Morgan fingerprint density at radius 1 is 1.33 bits per heavy atom. The Kier molecular flexibility index (Phi) is 6.24. The molecule has 24 heavy (non-hydrogen) atoms. The van der Waals surface area contributed by atoms with E-state index >= 15 is 0 Å². The van der Waals surface area contributed by atoms with Gasteiger partial charge in [-0.3, -0.25) is 0 Å². The molecule has 0 bridgehead atoms. The lowest BCUT2D eigenvalue weighted by Gasteiger charge is -2.31. The highest BCUT2D eigenvalue weighted by molar-refractivity contribution is 5.89. The molecule has 0 unspecified atom stereocenters. The van der Waals surface area contributed by atoms with E-state index in [9.17, 15) is 4.79 Å². The molecular weight excluding hydrogens is 302 g/mol. The van der Waals surface area contributed by atoms with Gasteiger partial charge in [-0.05, 0) is 43.6 Å². The fourth-order valence-electron chi connectivity index (χ4n) is 3.31. The molecule has 1 heterocycles. The third-order valence-electron chi connectivity index (χ3n) is 4.28. The number of amides is 2. The van der Waals surface area contributed by atoms with Crippen LogP contribution in [-0.2, 0) is 11.3 Å². The number of carbonyl (C=O) groups excluding carboxylic acids is 1. The monoisotopic (exact) mass is 333 g/mol. The molecule has 1 fully saturated rings. The van der Waals surface area contributed by atoms with Crippen LogP contribution in [-0.4, -0.2) is 44.3 Å². The zero-order valence-corrected chi connectivity index (χ0v) is 15.6. The average Bonchev–Trinajstić information content (AvgIpc) is 2.93. The molecule has 0 saturated carbocycles. The SMILES string of the molecule is CN(C)Cc1cccc(NC(=O)NC[C@H]2CCO[C@@H]2C(C)(C)C)c1. The molecule has 0 radical (unpaired) electrons. The summed E-state index contributed by atoms with van der Waals surface area (Å²) in [4.78, 5) is 14.3. The van der Waals surface area contributed by atoms with Crippen LogP contribution in [0.15, 0.2) is 24.3 Å². The van der Waals surface area contributed by atoms with E-state index in [1.165, 1.54) is 5.56 Å². The number of carbonyl (C=O) groups is 1. The summed E-state index contributed by atoms with van der Waals surface area (Å²) in [6, 6.07) is 7.80. The van der Waals surface area contributed by atoms with Gasteiger partial charge in [0.1, 0.15) is 0 Å². The summed E-state index contributed by atoms with van der Waals surface area (Å²) in [6.45, 7) is 8.84. The van der Waals surface area contributed by atoms with Gasteiger partial charge in [0.25, 0.3) is 0 Å². The van der Waals surface area contributed by atoms with Crippen molar-refractivity contribution in [2.75, 3.05) is 32.6 Å². The summed E-state index contributed by atoms with van der Waals surface area (Å²) in [5, 5.41) is 5.92. The lowest BCUT2D eigenvalue weighted by Crippen LogP contribution is -2.40. The number of hydrogen-bond donors (Lipinski definition) is 2. The highest BCUT2D eigenvalue weighted by Crippen LogP contribution is 2.34. The van der Waals surface area contributed by atoms with E-state index < -0.39 is 0 Å².